The monoisotopic (exact) mass is 332 g/mol. The highest BCUT2D eigenvalue weighted by molar-refractivity contribution is 7.84. The number of nitrogens with one attached hydrogen (secondary N) is 1. The van der Waals surface area contributed by atoms with Crippen molar-refractivity contribution in [1.29, 1.82) is 0 Å². The Balaban J connectivity index is 2.45. The number of hydrogen-bond acceptors (Lipinski definition) is 3. The number of piperidine rings is 1. The van der Waals surface area contributed by atoms with E-state index in [1.807, 2.05) is 41.5 Å². The van der Waals surface area contributed by atoms with Crippen molar-refractivity contribution in [1.82, 2.24) is 9.62 Å². The van der Waals surface area contributed by atoms with Crippen LogP contribution in [0, 0.1) is 5.92 Å². The maximum atomic E-state index is 12.2. The summed E-state index contributed by atoms with van der Waals surface area (Å²) in [6.07, 6.45) is 1.59. The third-order valence-corrected chi connectivity index (χ3v) is 5.45. The second-order valence-corrected chi connectivity index (χ2v) is 10.1. The van der Waals surface area contributed by atoms with Gasteiger partial charge in [-0.1, -0.05) is 0 Å². The van der Waals surface area contributed by atoms with Gasteiger partial charge in [0.1, 0.15) is 5.60 Å². The van der Waals surface area contributed by atoms with Gasteiger partial charge in [-0.05, 0) is 67.2 Å². The number of likely N-dealkylation sites (tertiary alicyclic amines) is 1. The number of ether oxygens (including phenoxy) is 1. The van der Waals surface area contributed by atoms with E-state index in [9.17, 15) is 9.00 Å². The van der Waals surface area contributed by atoms with Crippen molar-refractivity contribution >= 4 is 17.1 Å². The fourth-order valence-electron chi connectivity index (χ4n) is 2.35. The highest BCUT2D eigenvalue weighted by atomic mass is 32.2. The SMILES string of the molecule is C[C@@H](N[S@@](=O)C(C)(C)C)C1CCN(C(=O)OC(C)(C)C)CC1. The van der Waals surface area contributed by atoms with Crippen molar-refractivity contribution in [2.45, 2.75) is 77.7 Å². The fraction of sp³-hybridized carbons (Fsp3) is 0.938. The molecule has 1 heterocycles. The molecule has 1 saturated heterocycles. The number of hydrogen-bond donors (Lipinski definition) is 1. The second kappa shape index (κ2) is 7.30. The lowest BCUT2D eigenvalue weighted by molar-refractivity contribution is 0.0174. The van der Waals surface area contributed by atoms with E-state index in [0.717, 1.165) is 12.8 Å². The summed E-state index contributed by atoms with van der Waals surface area (Å²) < 4.78 is 20.5. The minimum Gasteiger partial charge on any atom is -0.444 e. The quantitative estimate of drug-likeness (QED) is 0.864. The molecule has 1 aliphatic rings. The Morgan fingerprint density at radius 3 is 2.09 bits per heavy atom. The van der Waals surface area contributed by atoms with E-state index in [0.29, 0.717) is 19.0 Å². The average Bonchev–Trinajstić information content (AvgIpc) is 2.35. The van der Waals surface area contributed by atoms with Gasteiger partial charge >= 0.3 is 6.09 Å². The van der Waals surface area contributed by atoms with Crippen molar-refractivity contribution in [3.8, 4) is 0 Å². The number of rotatable bonds is 3. The zero-order chi connectivity index (χ0) is 17.1. The van der Waals surface area contributed by atoms with Crippen LogP contribution in [0.5, 0.6) is 0 Å². The van der Waals surface area contributed by atoms with E-state index in [1.54, 1.807) is 4.90 Å². The van der Waals surface area contributed by atoms with Crippen molar-refractivity contribution in [3.63, 3.8) is 0 Å². The summed E-state index contributed by atoms with van der Waals surface area (Å²) in [6, 6.07) is 0.181. The van der Waals surface area contributed by atoms with Gasteiger partial charge in [0.15, 0.2) is 0 Å². The van der Waals surface area contributed by atoms with Crippen molar-refractivity contribution < 1.29 is 13.7 Å². The number of nitrogens with zero attached hydrogens (tertiary/aromatic N) is 1. The van der Waals surface area contributed by atoms with Gasteiger partial charge < -0.3 is 9.64 Å². The summed E-state index contributed by atoms with van der Waals surface area (Å²) in [5, 5.41) is 0. The van der Waals surface area contributed by atoms with Gasteiger partial charge in [0.2, 0.25) is 0 Å². The molecule has 22 heavy (non-hydrogen) atoms. The second-order valence-electron chi connectivity index (χ2n) is 8.09. The Labute approximate surface area is 137 Å². The third-order valence-electron chi connectivity index (χ3n) is 3.75. The summed E-state index contributed by atoms with van der Waals surface area (Å²) in [5.41, 5.74) is -0.452. The van der Waals surface area contributed by atoms with Gasteiger partial charge in [-0.3, -0.25) is 0 Å². The van der Waals surface area contributed by atoms with Gasteiger partial charge in [0.25, 0.3) is 0 Å². The molecule has 1 rings (SSSR count). The molecular weight excluding hydrogens is 300 g/mol. The lowest BCUT2D eigenvalue weighted by Crippen LogP contribution is -2.47. The summed E-state index contributed by atoms with van der Waals surface area (Å²) in [7, 11) is -1.06. The molecule has 1 N–H and O–H groups in total. The summed E-state index contributed by atoms with van der Waals surface area (Å²) in [6.45, 7) is 15.0. The highest BCUT2D eigenvalue weighted by Crippen LogP contribution is 2.23. The van der Waals surface area contributed by atoms with Gasteiger partial charge in [0, 0.05) is 19.1 Å². The van der Waals surface area contributed by atoms with Gasteiger partial charge in [-0.15, -0.1) is 0 Å². The smallest absolute Gasteiger partial charge is 0.410 e. The lowest BCUT2D eigenvalue weighted by atomic mass is 9.91. The van der Waals surface area contributed by atoms with Crippen LogP contribution in [0.4, 0.5) is 4.79 Å². The Kier molecular flexibility index (Phi) is 6.45. The molecule has 0 radical (unpaired) electrons. The standard InChI is InChI=1S/C16H32N2O3S/c1-12(17-22(20)16(5,6)7)13-8-10-18(11-9-13)14(19)21-15(2,3)4/h12-13,17H,8-11H2,1-7H3/t12-,22+/m1/s1. The Bertz CT molecular complexity index is 405. The maximum Gasteiger partial charge on any atom is 0.410 e. The molecule has 1 aliphatic heterocycles. The Hall–Kier alpha value is -0.620. The normalized spacial score (nSPS) is 20.6. The molecule has 130 valence electrons. The molecule has 0 bridgehead atoms. The molecule has 0 aromatic heterocycles. The zero-order valence-corrected chi connectivity index (χ0v) is 15.9. The Morgan fingerprint density at radius 2 is 1.68 bits per heavy atom. The largest absolute Gasteiger partial charge is 0.444 e. The number of amides is 1. The van der Waals surface area contributed by atoms with E-state index in [4.69, 9.17) is 4.74 Å². The zero-order valence-electron chi connectivity index (χ0n) is 15.1. The predicted octanol–water partition coefficient (Wildman–Crippen LogP) is 3.07. The predicted molar refractivity (Wildman–Crippen MR) is 91.0 cm³/mol. The third kappa shape index (κ3) is 6.24. The summed E-state index contributed by atoms with van der Waals surface area (Å²) in [4.78, 5) is 13.8. The van der Waals surface area contributed by atoms with Crippen LogP contribution in [-0.4, -0.2) is 44.7 Å². The van der Waals surface area contributed by atoms with Crippen LogP contribution in [0.3, 0.4) is 0 Å². The fourth-order valence-corrected chi connectivity index (χ4v) is 3.23. The van der Waals surface area contributed by atoms with Crippen LogP contribution < -0.4 is 4.72 Å². The molecule has 0 saturated carbocycles. The molecule has 0 aliphatic carbocycles. The van der Waals surface area contributed by atoms with Crippen LogP contribution in [0.1, 0.15) is 61.3 Å². The minimum absolute atomic E-state index is 0.181. The first kappa shape index (κ1) is 19.4. The molecule has 0 unspecified atom stereocenters. The summed E-state index contributed by atoms with van der Waals surface area (Å²) in [5.74, 6) is 0.435. The van der Waals surface area contributed by atoms with E-state index in [2.05, 4.69) is 11.6 Å². The van der Waals surface area contributed by atoms with Gasteiger partial charge in [0.05, 0.1) is 15.7 Å². The van der Waals surface area contributed by atoms with Gasteiger partial charge in [-0.2, -0.15) is 0 Å². The molecule has 6 heteroatoms. The van der Waals surface area contributed by atoms with Crippen molar-refractivity contribution in [2.75, 3.05) is 13.1 Å². The van der Waals surface area contributed by atoms with Crippen molar-refractivity contribution in [2.24, 2.45) is 5.92 Å². The van der Waals surface area contributed by atoms with E-state index >= 15 is 0 Å². The van der Waals surface area contributed by atoms with E-state index in [1.165, 1.54) is 0 Å². The highest BCUT2D eigenvalue weighted by Gasteiger charge is 2.31. The molecule has 0 aromatic carbocycles. The number of carbonyl (C=O) groups is 1. The Morgan fingerprint density at radius 1 is 1.18 bits per heavy atom. The van der Waals surface area contributed by atoms with Gasteiger partial charge in [-0.25, -0.2) is 13.7 Å². The van der Waals surface area contributed by atoms with Crippen LogP contribution >= 0.6 is 0 Å². The number of carbonyl (C=O) groups excluding carboxylic acids is 1. The molecule has 2 atom stereocenters. The van der Waals surface area contributed by atoms with Crippen LogP contribution in [0.15, 0.2) is 0 Å². The van der Waals surface area contributed by atoms with Crippen molar-refractivity contribution in [3.05, 3.63) is 0 Å². The molecule has 0 spiro atoms. The van der Waals surface area contributed by atoms with Crippen LogP contribution in [0.25, 0.3) is 0 Å². The molecule has 5 nitrogen and oxygen atoms in total. The van der Waals surface area contributed by atoms with Crippen LogP contribution in [0.2, 0.25) is 0 Å². The average molecular weight is 333 g/mol. The molecular formula is C16H32N2O3S. The first-order valence-electron chi connectivity index (χ1n) is 8.06. The van der Waals surface area contributed by atoms with E-state index < -0.39 is 16.6 Å². The first-order chi connectivity index (χ1) is 9.90. The lowest BCUT2D eigenvalue weighted by Gasteiger charge is -2.36. The minimum atomic E-state index is -1.06. The molecule has 1 fully saturated rings. The maximum absolute atomic E-state index is 12.2. The topological polar surface area (TPSA) is 58.6 Å². The summed E-state index contributed by atoms with van der Waals surface area (Å²) >= 11 is 0. The molecule has 0 aromatic rings. The van der Waals surface area contributed by atoms with E-state index in [-0.39, 0.29) is 16.9 Å². The molecule has 1 amide bonds. The first-order valence-corrected chi connectivity index (χ1v) is 9.21. The van der Waals surface area contributed by atoms with Crippen LogP contribution in [-0.2, 0) is 15.7 Å².